The van der Waals surface area contributed by atoms with Crippen molar-refractivity contribution in [2.75, 3.05) is 11.4 Å². The highest BCUT2D eigenvalue weighted by atomic mass is 19.1. The summed E-state index contributed by atoms with van der Waals surface area (Å²) in [7, 11) is 0. The topological polar surface area (TPSA) is 51.5 Å². The Balaban J connectivity index is 1.71. The van der Waals surface area contributed by atoms with Crippen LogP contribution in [0.4, 0.5) is 10.1 Å². The normalized spacial score (nSPS) is 17.5. The van der Waals surface area contributed by atoms with Crippen LogP contribution in [0, 0.1) is 18.2 Å². The minimum atomic E-state index is -0.410. The summed E-state index contributed by atoms with van der Waals surface area (Å²) in [6, 6.07) is 4.76. The molecule has 2 aliphatic rings. The Kier molecular flexibility index (Phi) is 4.32. The molecule has 2 heterocycles. The molecule has 1 amide bonds. The van der Waals surface area contributed by atoms with Crippen molar-refractivity contribution in [2.45, 2.75) is 53.7 Å². The first kappa shape index (κ1) is 18.7. The molecule has 0 bridgehead atoms. The Morgan fingerprint density at radius 3 is 2.68 bits per heavy atom. The molecule has 2 aromatic rings. The number of hydrogen-bond acceptors (Lipinski definition) is 3. The molecule has 4 rings (SSSR count). The molecule has 1 aromatic carbocycles. The lowest BCUT2D eigenvalue weighted by Gasteiger charge is -2.32. The summed E-state index contributed by atoms with van der Waals surface area (Å²) in [6.07, 6.45) is 1.93. The lowest BCUT2D eigenvalue weighted by atomic mass is 9.90. The minimum Gasteiger partial charge on any atom is -0.461 e. The highest BCUT2D eigenvalue weighted by molar-refractivity contribution is 6.06. The van der Waals surface area contributed by atoms with Gasteiger partial charge in [0, 0.05) is 31.3 Å². The number of nitrogens with zero attached hydrogens (tertiary/aromatic N) is 2. The summed E-state index contributed by atoms with van der Waals surface area (Å²) in [6.45, 7) is 8.74. The molecule has 1 aromatic heterocycles. The van der Waals surface area contributed by atoms with Crippen LogP contribution in [-0.4, -0.2) is 23.0 Å². The van der Waals surface area contributed by atoms with Crippen molar-refractivity contribution < 1.29 is 18.7 Å². The third kappa shape index (κ3) is 3.11. The molecule has 1 aliphatic heterocycles. The van der Waals surface area contributed by atoms with Gasteiger partial charge in [0.2, 0.25) is 0 Å². The number of benzene rings is 1. The summed E-state index contributed by atoms with van der Waals surface area (Å²) in [5, 5.41) is 0. The van der Waals surface area contributed by atoms with Gasteiger partial charge in [0.1, 0.15) is 18.1 Å². The molecular formula is C22H25FN2O3. The van der Waals surface area contributed by atoms with Gasteiger partial charge in [-0.05, 0) is 54.5 Å². The highest BCUT2D eigenvalue weighted by Gasteiger charge is 2.37. The van der Waals surface area contributed by atoms with Crippen molar-refractivity contribution in [2.24, 2.45) is 5.41 Å². The number of aromatic nitrogens is 1. The van der Waals surface area contributed by atoms with E-state index in [0.717, 1.165) is 12.8 Å². The molecule has 0 N–H and O–H groups in total. The van der Waals surface area contributed by atoms with Crippen molar-refractivity contribution in [1.82, 2.24) is 4.57 Å². The molecule has 0 saturated heterocycles. The molecule has 0 saturated carbocycles. The smallest absolute Gasteiger partial charge is 0.302 e. The van der Waals surface area contributed by atoms with Crippen LogP contribution >= 0.6 is 0 Å². The summed E-state index contributed by atoms with van der Waals surface area (Å²) < 4.78 is 21.4. The SMILES string of the molecule is CC(=O)OCc1c(C)cc(F)cc1N1CCn2c(cc3c2CC(C)(C)C3)C1=O. The maximum absolute atomic E-state index is 14.2. The zero-order chi connectivity index (χ0) is 20.2. The molecule has 6 heteroatoms. The second-order valence-corrected chi connectivity index (χ2v) is 8.63. The van der Waals surface area contributed by atoms with Crippen molar-refractivity contribution in [3.8, 4) is 0 Å². The van der Waals surface area contributed by atoms with Gasteiger partial charge in [0.05, 0.1) is 5.69 Å². The second-order valence-electron chi connectivity index (χ2n) is 8.63. The maximum atomic E-state index is 14.2. The Labute approximate surface area is 164 Å². The van der Waals surface area contributed by atoms with Gasteiger partial charge in [0.15, 0.2) is 0 Å². The molecule has 28 heavy (non-hydrogen) atoms. The fourth-order valence-corrected chi connectivity index (χ4v) is 4.50. The predicted octanol–water partition coefficient (Wildman–Crippen LogP) is 3.78. The first-order valence-electron chi connectivity index (χ1n) is 9.62. The molecule has 148 valence electrons. The number of halogens is 1. The molecule has 0 spiro atoms. The zero-order valence-corrected chi connectivity index (χ0v) is 16.8. The maximum Gasteiger partial charge on any atom is 0.302 e. The van der Waals surface area contributed by atoms with E-state index in [9.17, 15) is 14.0 Å². The summed E-state index contributed by atoms with van der Waals surface area (Å²) in [5.74, 6) is -0.947. The fraction of sp³-hybridized carbons (Fsp3) is 0.455. The number of carbonyl (C=O) groups is 2. The van der Waals surface area contributed by atoms with Gasteiger partial charge in [0.25, 0.3) is 5.91 Å². The number of carbonyl (C=O) groups excluding carboxylic acids is 2. The van der Waals surface area contributed by atoms with Gasteiger partial charge >= 0.3 is 5.97 Å². The van der Waals surface area contributed by atoms with E-state index >= 15 is 0 Å². The first-order chi connectivity index (χ1) is 13.2. The number of ether oxygens (including phenoxy) is 1. The fourth-order valence-electron chi connectivity index (χ4n) is 4.50. The van der Waals surface area contributed by atoms with E-state index in [2.05, 4.69) is 18.4 Å². The predicted molar refractivity (Wildman–Crippen MR) is 104 cm³/mol. The van der Waals surface area contributed by atoms with Gasteiger partial charge in [-0.1, -0.05) is 13.8 Å². The van der Waals surface area contributed by atoms with Crippen LogP contribution in [0.5, 0.6) is 0 Å². The minimum absolute atomic E-state index is 0.0201. The second kappa shape index (κ2) is 6.47. The first-order valence-corrected chi connectivity index (χ1v) is 9.62. The standard InChI is InChI=1S/C22H25FN2O3/c1-13-7-16(23)9-18(17(13)12-28-14(2)26)25-6-5-24-19(21(25)27)8-15-10-22(3,4)11-20(15)24/h7-9H,5-6,10-12H2,1-4H3. The Bertz CT molecular complexity index is 990. The molecule has 1 aliphatic carbocycles. The van der Waals surface area contributed by atoms with Crippen LogP contribution in [0.1, 0.15) is 53.6 Å². The van der Waals surface area contributed by atoms with Crippen LogP contribution in [-0.2, 0) is 35.5 Å². The van der Waals surface area contributed by atoms with Crippen LogP contribution in [0.15, 0.2) is 18.2 Å². The van der Waals surface area contributed by atoms with Crippen LogP contribution in [0.3, 0.4) is 0 Å². The summed E-state index contributed by atoms with van der Waals surface area (Å²) in [5.41, 5.74) is 5.19. The molecule has 5 nitrogen and oxygen atoms in total. The van der Waals surface area contributed by atoms with E-state index in [1.165, 1.54) is 30.3 Å². The van der Waals surface area contributed by atoms with Gasteiger partial charge < -0.3 is 14.2 Å². The molecule has 0 fully saturated rings. The Morgan fingerprint density at radius 2 is 1.96 bits per heavy atom. The van der Waals surface area contributed by atoms with Crippen molar-refractivity contribution >= 4 is 17.6 Å². The number of aryl methyl sites for hydroxylation is 1. The number of fused-ring (bicyclic) bond motifs is 3. The number of amides is 1. The molecule has 0 radical (unpaired) electrons. The summed E-state index contributed by atoms with van der Waals surface area (Å²) in [4.78, 5) is 26.2. The van der Waals surface area contributed by atoms with Crippen molar-refractivity contribution in [3.05, 3.63) is 52.1 Å². The van der Waals surface area contributed by atoms with Gasteiger partial charge in [-0.15, -0.1) is 0 Å². The van der Waals surface area contributed by atoms with E-state index in [1.54, 1.807) is 11.8 Å². The van der Waals surface area contributed by atoms with Gasteiger partial charge in [-0.2, -0.15) is 0 Å². The largest absolute Gasteiger partial charge is 0.461 e. The molecule has 0 unspecified atom stereocenters. The average molecular weight is 384 g/mol. The third-order valence-corrected chi connectivity index (χ3v) is 5.75. The lowest BCUT2D eigenvalue weighted by molar-refractivity contribution is -0.142. The van der Waals surface area contributed by atoms with Crippen molar-refractivity contribution in [1.29, 1.82) is 0 Å². The number of anilines is 1. The van der Waals surface area contributed by atoms with E-state index in [0.29, 0.717) is 35.6 Å². The van der Waals surface area contributed by atoms with Crippen molar-refractivity contribution in [3.63, 3.8) is 0 Å². The van der Waals surface area contributed by atoms with Crippen LogP contribution in [0.2, 0.25) is 0 Å². The number of hydrogen-bond donors (Lipinski definition) is 0. The van der Waals surface area contributed by atoms with E-state index < -0.39 is 11.8 Å². The van der Waals surface area contributed by atoms with Gasteiger partial charge in [-0.3, -0.25) is 9.59 Å². The number of rotatable bonds is 3. The molecule has 0 atom stereocenters. The van der Waals surface area contributed by atoms with Crippen LogP contribution < -0.4 is 4.90 Å². The zero-order valence-electron chi connectivity index (χ0n) is 16.8. The van der Waals surface area contributed by atoms with E-state index in [1.807, 2.05) is 6.07 Å². The quantitative estimate of drug-likeness (QED) is 0.757. The highest BCUT2D eigenvalue weighted by Crippen LogP contribution is 2.40. The Morgan fingerprint density at radius 1 is 1.21 bits per heavy atom. The van der Waals surface area contributed by atoms with Crippen LogP contribution in [0.25, 0.3) is 0 Å². The lowest BCUT2D eigenvalue weighted by Crippen LogP contribution is -2.41. The Hall–Kier alpha value is -2.63. The van der Waals surface area contributed by atoms with Gasteiger partial charge in [-0.25, -0.2) is 4.39 Å². The van der Waals surface area contributed by atoms with E-state index in [-0.39, 0.29) is 17.9 Å². The molecular weight excluding hydrogens is 359 g/mol. The van der Waals surface area contributed by atoms with E-state index in [4.69, 9.17) is 4.74 Å². The monoisotopic (exact) mass is 384 g/mol. The summed E-state index contributed by atoms with van der Waals surface area (Å²) >= 11 is 0. The number of esters is 1. The third-order valence-electron chi connectivity index (χ3n) is 5.75. The average Bonchev–Trinajstić information content (AvgIpc) is 3.06.